The molecule has 1 atom stereocenters. The molecule has 0 spiro atoms. The van der Waals surface area contributed by atoms with Gasteiger partial charge in [-0.25, -0.2) is 0 Å². The van der Waals surface area contributed by atoms with Crippen molar-refractivity contribution in [2.75, 3.05) is 7.05 Å². The average Bonchev–Trinajstić information content (AvgIpc) is 2.40. The molecule has 2 aromatic carbocycles. The van der Waals surface area contributed by atoms with Gasteiger partial charge < -0.3 is 5.32 Å². The van der Waals surface area contributed by atoms with Gasteiger partial charge in [-0.15, -0.1) is 0 Å². The molecule has 0 saturated carbocycles. The highest BCUT2D eigenvalue weighted by atomic mass is 14.9. The fourth-order valence-electron chi connectivity index (χ4n) is 2.72. The third-order valence-corrected chi connectivity index (χ3v) is 3.97. The second-order valence-electron chi connectivity index (χ2n) is 5.27. The van der Waals surface area contributed by atoms with Crippen molar-refractivity contribution in [1.29, 1.82) is 0 Å². The largest absolute Gasteiger partial charge is 0.313 e. The summed E-state index contributed by atoms with van der Waals surface area (Å²) in [6.07, 6.45) is 1.04. The van der Waals surface area contributed by atoms with Gasteiger partial charge in [0.25, 0.3) is 0 Å². The first kappa shape index (κ1) is 13.8. The van der Waals surface area contributed by atoms with Crippen molar-refractivity contribution in [3.63, 3.8) is 0 Å². The molecule has 2 aromatic rings. The van der Waals surface area contributed by atoms with Crippen LogP contribution in [0.2, 0.25) is 0 Å². The van der Waals surface area contributed by atoms with E-state index in [2.05, 4.69) is 68.6 Å². The minimum Gasteiger partial charge on any atom is -0.313 e. The number of nitrogens with one attached hydrogen (secondary N) is 1. The lowest BCUT2D eigenvalue weighted by atomic mass is 9.91. The fraction of sp³-hybridized carbons (Fsp3) is 0.333. The van der Waals surface area contributed by atoms with E-state index >= 15 is 0 Å². The van der Waals surface area contributed by atoms with Crippen LogP contribution in [0.4, 0.5) is 0 Å². The molecular formula is C18H23N. The molecule has 0 bridgehead atoms. The van der Waals surface area contributed by atoms with E-state index < -0.39 is 0 Å². The van der Waals surface area contributed by atoms with Crippen molar-refractivity contribution in [3.05, 3.63) is 70.3 Å². The van der Waals surface area contributed by atoms with Crippen LogP contribution >= 0.6 is 0 Å². The number of hydrogen-bond acceptors (Lipinski definition) is 1. The molecule has 0 aliphatic heterocycles. The molecule has 0 radical (unpaired) electrons. The maximum absolute atomic E-state index is 3.46. The molecule has 1 nitrogen and oxygen atoms in total. The Morgan fingerprint density at radius 3 is 2.00 bits per heavy atom. The summed E-state index contributed by atoms with van der Waals surface area (Å²) in [6, 6.07) is 15.5. The third-order valence-electron chi connectivity index (χ3n) is 3.97. The van der Waals surface area contributed by atoms with Crippen LogP contribution in [-0.4, -0.2) is 7.05 Å². The summed E-state index contributed by atoms with van der Waals surface area (Å²) in [5.41, 5.74) is 6.98. The van der Waals surface area contributed by atoms with Gasteiger partial charge in [-0.2, -0.15) is 0 Å². The van der Waals surface area contributed by atoms with E-state index in [-0.39, 0.29) is 0 Å². The van der Waals surface area contributed by atoms with E-state index in [4.69, 9.17) is 0 Å². The molecule has 2 rings (SSSR count). The van der Waals surface area contributed by atoms with Crippen molar-refractivity contribution in [3.8, 4) is 0 Å². The SMILES string of the molecule is CNC(Cc1c(C)cccc1C)c1ccccc1C. The maximum Gasteiger partial charge on any atom is 0.0361 e. The van der Waals surface area contributed by atoms with Crippen LogP contribution < -0.4 is 5.32 Å². The average molecular weight is 253 g/mol. The highest BCUT2D eigenvalue weighted by Gasteiger charge is 2.14. The zero-order chi connectivity index (χ0) is 13.8. The van der Waals surface area contributed by atoms with E-state index in [1.54, 1.807) is 0 Å². The lowest BCUT2D eigenvalue weighted by molar-refractivity contribution is 0.586. The Hall–Kier alpha value is -1.60. The summed E-state index contributed by atoms with van der Waals surface area (Å²) in [5, 5.41) is 3.46. The standard InChI is InChI=1S/C18H23N/c1-13-8-5-6-11-16(13)18(19-4)12-17-14(2)9-7-10-15(17)3/h5-11,18-19H,12H2,1-4H3. The molecule has 0 saturated heterocycles. The van der Waals surface area contributed by atoms with Crippen LogP contribution in [-0.2, 0) is 6.42 Å². The molecule has 1 N–H and O–H groups in total. The van der Waals surface area contributed by atoms with Crippen molar-refractivity contribution in [2.24, 2.45) is 0 Å². The Bertz CT molecular complexity index is 537. The molecule has 1 unspecified atom stereocenters. The molecule has 0 aliphatic carbocycles. The minimum absolute atomic E-state index is 0.376. The Morgan fingerprint density at radius 2 is 1.42 bits per heavy atom. The van der Waals surface area contributed by atoms with Crippen molar-refractivity contribution < 1.29 is 0 Å². The summed E-state index contributed by atoms with van der Waals surface area (Å²) < 4.78 is 0. The van der Waals surface area contributed by atoms with Gasteiger partial charge in [0.2, 0.25) is 0 Å². The Labute approximate surface area is 116 Å². The lowest BCUT2D eigenvalue weighted by Gasteiger charge is -2.21. The van der Waals surface area contributed by atoms with Crippen LogP contribution in [0.15, 0.2) is 42.5 Å². The number of rotatable bonds is 4. The summed E-state index contributed by atoms with van der Waals surface area (Å²) in [7, 11) is 2.05. The Morgan fingerprint density at radius 1 is 0.842 bits per heavy atom. The highest BCUT2D eigenvalue weighted by molar-refractivity contribution is 5.37. The minimum atomic E-state index is 0.376. The molecule has 1 heteroatoms. The van der Waals surface area contributed by atoms with Gasteiger partial charge in [0, 0.05) is 6.04 Å². The summed E-state index contributed by atoms with van der Waals surface area (Å²) in [5.74, 6) is 0. The van der Waals surface area contributed by atoms with Gasteiger partial charge in [-0.05, 0) is 62.1 Å². The number of hydrogen-bond donors (Lipinski definition) is 1. The first-order valence-electron chi connectivity index (χ1n) is 6.91. The highest BCUT2D eigenvalue weighted by Crippen LogP contribution is 2.24. The Balaban J connectivity index is 2.32. The van der Waals surface area contributed by atoms with E-state index in [0.717, 1.165) is 6.42 Å². The van der Waals surface area contributed by atoms with Crippen LogP contribution in [0.5, 0.6) is 0 Å². The van der Waals surface area contributed by atoms with Gasteiger partial charge in [0.05, 0.1) is 0 Å². The van der Waals surface area contributed by atoms with E-state index in [9.17, 15) is 0 Å². The van der Waals surface area contributed by atoms with Crippen molar-refractivity contribution in [1.82, 2.24) is 5.32 Å². The molecule has 0 fully saturated rings. The number of benzene rings is 2. The van der Waals surface area contributed by atoms with Gasteiger partial charge in [0.15, 0.2) is 0 Å². The topological polar surface area (TPSA) is 12.0 Å². The maximum atomic E-state index is 3.46. The van der Waals surface area contributed by atoms with Gasteiger partial charge in [-0.3, -0.25) is 0 Å². The summed E-state index contributed by atoms with van der Waals surface area (Å²) >= 11 is 0. The zero-order valence-electron chi connectivity index (χ0n) is 12.3. The van der Waals surface area contributed by atoms with E-state index in [1.807, 2.05) is 7.05 Å². The second kappa shape index (κ2) is 6.03. The third kappa shape index (κ3) is 3.05. The van der Waals surface area contributed by atoms with Gasteiger partial charge in [-0.1, -0.05) is 42.5 Å². The van der Waals surface area contributed by atoms with Crippen LogP contribution in [0.1, 0.15) is 33.9 Å². The molecule has 0 aromatic heterocycles. The quantitative estimate of drug-likeness (QED) is 0.864. The molecule has 0 aliphatic rings. The molecule has 0 heterocycles. The first-order valence-corrected chi connectivity index (χ1v) is 6.91. The molecule has 19 heavy (non-hydrogen) atoms. The summed E-state index contributed by atoms with van der Waals surface area (Å²) in [6.45, 7) is 6.59. The normalized spacial score (nSPS) is 12.4. The lowest BCUT2D eigenvalue weighted by Crippen LogP contribution is -2.20. The Kier molecular flexibility index (Phi) is 4.39. The van der Waals surface area contributed by atoms with E-state index in [0.29, 0.717) is 6.04 Å². The number of likely N-dealkylation sites (N-methyl/N-ethyl adjacent to an activating group) is 1. The smallest absolute Gasteiger partial charge is 0.0361 e. The predicted octanol–water partition coefficient (Wildman–Crippen LogP) is 4.12. The molecular weight excluding hydrogens is 230 g/mol. The first-order chi connectivity index (χ1) is 9.13. The van der Waals surface area contributed by atoms with Crippen molar-refractivity contribution in [2.45, 2.75) is 33.2 Å². The van der Waals surface area contributed by atoms with Gasteiger partial charge >= 0.3 is 0 Å². The predicted molar refractivity (Wildman–Crippen MR) is 82.6 cm³/mol. The summed E-state index contributed by atoms with van der Waals surface area (Å²) in [4.78, 5) is 0. The molecule has 100 valence electrons. The molecule has 0 amide bonds. The fourth-order valence-corrected chi connectivity index (χ4v) is 2.72. The van der Waals surface area contributed by atoms with E-state index in [1.165, 1.54) is 27.8 Å². The van der Waals surface area contributed by atoms with Gasteiger partial charge in [0.1, 0.15) is 0 Å². The van der Waals surface area contributed by atoms with Crippen molar-refractivity contribution >= 4 is 0 Å². The van der Waals surface area contributed by atoms with Crippen LogP contribution in [0, 0.1) is 20.8 Å². The van der Waals surface area contributed by atoms with Crippen LogP contribution in [0.3, 0.4) is 0 Å². The monoisotopic (exact) mass is 253 g/mol. The zero-order valence-corrected chi connectivity index (χ0v) is 12.3. The van der Waals surface area contributed by atoms with Crippen LogP contribution in [0.25, 0.3) is 0 Å². The second-order valence-corrected chi connectivity index (χ2v) is 5.27. The number of aryl methyl sites for hydroxylation is 3.